The maximum atomic E-state index is 4.76. The number of nitrogens with one attached hydrogen (secondary N) is 1. The Bertz CT molecular complexity index is 417. The summed E-state index contributed by atoms with van der Waals surface area (Å²) in [6.07, 6.45) is 5.38. The first-order chi connectivity index (χ1) is 9.11. The van der Waals surface area contributed by atoms with Gasteiger partial charge in [-0.3, -0.25) is 4.90 Å². The van der Waals surface area contributed by atoms with Crippen molar-refractivity contribution in [3.63, 3.8) is 0 Å². The predicted molar refractivity (Wildman–Crippen MR) is 80.6 cm³/mol. The molecule has 0 aliphatic carbocycles. The zero-order valence-corrected chi connectivity index (χ0v) is 13.0. The van der Waals surface area contributed by atoms with E-state index in [1.54, 1.807) is 0 Å². The minimum absolute atomic E-state index is 0.554. The average molecular weight is 279 g/mol. The molecule has 2 aliphatic heterocycles. The van der Waals surface area contributed by atoms with Crippen LogP contribution in [-0.2, 0) is 6.54 Å². The fourth-order valence-electron chi connectivity index (χ4n) is 3.43. The van der Waals surface area contributed by atoms with Gasteiger partial charge in [-0.25, -0.2) is 4.98 Å². The Morgan fingerprint density at radius 3 is 2.63 bits per heavy atom. The summed E-state index contributed by atoms with van der Waals surface area (Å²) >= 11 is 1.81. The molecule has 2 aliphatic rings. The maximum absolute atomic E-state index is 4.76. The molecule has 2 unspecified atom stereocenters. The second kappa shape index (κ2) is 5.51. The summed E-state index contributed by atoms with van der Waals surface area (Å²) < 4.78 is 0. The van der Waals surface area contributed by atoms with Crippen molar-refractivity contribution in [3.8, 4) is 0 Å². The fraction of sp³-hybridized carbons (Fsp3) is 0.800. The lowest BCUT2D eigenvalue weighted by molar-refractivity contribution is 0.164. The van der Waals surface area contributed by atoms with Crippen molar-refractivity contribution in [3.05, 3.63) is 16.1 Å². The number of hydrogen-bond donors (Lipinski definition) is 1. The van der Waals surface area contributed by atoms with Gasteiger partial charge in [0.2, 0.25) is 0 Å². The number of rotatable bonds is 4. The summed E-state index contributed by atoms with van der Waals surface area (Å²) in [4.78, 5) is 7.28. The minimum Gasteiger partial charge on any atom is -0.311 e. The number of thiazole rings is 1. The van der Waals surface area contributed by atoms with Crippen molar-refractivity contribution < 1.29 is 0 Å². The molecule has 0 aromatic carbocycles. The molecule has 3 nitrogen and oxygen atoms in total. The molecule has 2 saturated heterocycles. The molecule has 0 spiro atoms. The summed E-state index contributed by atoms with van der Waals surface area (Å²) in [5.41, 5.74) is 1.25. The molecule has 4 heteroatoms. The van der Waals surface area contributed by atoms with Gasteiger partial charge >= 0.3 is 0 Å². The summed E-state index contributed by atoms with van der Waals surface area (Å²) in [7, 11) is 2.27. The molecule has 1 aromatic rings. The normalized spacial score (nSPS) is 30.5. The highest BCUT2D eigenvalue weighted by Gasteiger charge is 2.35. The van der Waals surface area contributed by atoms with Crippen molar-refractivity contribution in [2.75, 3.05) is 7.05 Å². The first kappa shape index (κ1) is 13.5. The standard InChI is InChI=1S/C15H25N3S/c1-10(2)15-17-13(9-19-15)8-18(3)14-6-11-4-5-12(7-14)16-11/h9-12,14,16H,4-8H2,1-3H3. The van der Waals surface area contributed by atoms with Crippen LogP contribution in [-0.4, -0.2) is 35.1 Å². The highest BCUT2D eigenvalue weighted by molar-refractivity contribution is 7.09. The smallest absolute Gasteiger partial charge is 0.0954 e. The van der Waals surface area contributed by atoms with Crippen molar-refractivity contribution >= 4 is 11.3 Å². The number of nitrogens with zero attached hydrogens (tertiary/aromatic N) is 2. The Morgan fingerprint density at radius 1 is 1.37 bits per heavy atom. The topological polar surface area (TPSA) is 28.2 Å². The van der Waals surface area contributed by atoms with Gasteiger partial charge in [0.25, 0.3) is 0 Å². The summed E-state index contributed by atoms with van der Waals surface area (Å²) in [6.45, 7) is 5.45. The minimum atomic E-state index is 0.554. The molecule has 2 fully saturated rings. The van der Waals surface area contributed by atoms with Gasteiger partial charge in [-0.1, -0.05) is 13.8 Å². The van der Waals surface area contributed by atoms with E-state index in [-0.39, 0.29) is 0 Å². The predicted octanol–water partition coefficient (Wildman–Crippen LogP) is 2.98. The number of fused-ring (bicyclic) bond motifs is 2. The van der Waals surface area contributed by atoms with Crippen molar-refractivity contribution in [1.29, 1.82) is 0 Å². The van der Waals surface area contributed by atoms with E-state index < -0.39 is 0 Å². The summed E-state index contributed by atoms with van der Waals surface area (Å²) in [5.74, 6) is 0.554. The van der Waals surface area contributed by atoms with E-state index in [4.69, 9.17) is 4.98 Å². The molecule has 0 radical (unpaired) electrons. The largest absolute Gasteiger partial charge is 0.311 e. The average Bonchev–Trinajstić information content (AvgIpc) is 2.96. The van der Waals surface area contributed by atoms with Crippen LogP contribution < -0.4 is 5.32 Å². The molecular weight excluding hydrogens is 254 g/mol. The van der Waals surface area contributed by atoms with Crippen LogP contribution in [0.25, 0.3) is 0 Å². The van der Waals surface area contributed by atoms with Crippen LogP contribution in [0.2, 0.25) is 0 Å². The molecular formula is C15H25N3S. The zero-order chi connectivity index (χ0) is 13.4. The van der Waals surface area contributed by atoms with Crippen molar-refractivity contribution in [2.45, 2.75) is 70.1 Å². The van der Waals surface area contributed by atoms with Gasteiger partial charge in [0.1, 0.15) is 0 Å². The van der Waals surface area contributed by atoms with E-state index in [0.717, 1.165) is 24.7 Å². The Kier molecular flexibility index (Phi) is 3.92. The van der Waals surface area contributed by atoms with Crippen LogP contribution in [0, 0.1) is 0 Å². The van der Waals surface area contributed by atoms with E-state index in [1.165, 1.54) is 36.4 Å². The third-order valence-corrected chi connectivity index (χ3v) is 5.74. The van der Waals surface area contributed by atoms with E-state index in [0.29, 0.717) is 5.92 Å². The zero-order valence-electron chi connectivity index (χ0n) is 12.2. The lowest BCUT2D eigenvalue weighted by atomic mass is 9.98. The second-order valence-corrected chi connectivity index (χ2v) is 7.40. The lowest BCUT2D eigenvalue weighted by Gasteiger charge is -2.35. The molecule has 1 aromatic heterocycles. The van der Waals surface area contributed by atoms with Gasteiger partial charge in [-0.05, 0) is 32.7 Å². The number of aromatic nitrogens is 1. The maximum Gasteiger partial charge on any atom is 0.0954 e. The molecule has 19 heavy (non-hydrogen) atoms. The summed E-state index contributed by atoms with van der Waals surface area (Å²) in [5, 5.41) is 7.23. The van der Waals surface area contributed by atoms with Gasteiger partial charge in [0, 0.05) is 36.0 Å². The second-order valence-electron chi connectivity index (χ2n) is 6.51. The highest BCUT2D eigenvalue weighted by Crippen LogP contribution is 2.30. The molecule has 106 valence electrons. The van der Waals surface area contributed by atoms with Crippen LogP contribution in [0.1, 0.15) is 56.2 Å². The van der Waals surface area contributed by atoms with Crippen LogP contribution >= 0.6 is 11.3 Å². The van der Waals surface area contributed by atoms with Crippen LogP contribution in [0.5, 0.6) is 0 Å². The third-order valence-electron chi connectivity index (χ3n) is 4.55. The highest BCUT2D eigenvalue weighted by atomic mass is 32.1. The van der Waals surface area contributed by atoms with E-state index in [2.05, 4.69) is 36.5 Å². The van der Waals surface area contributed by atoms with Gasteiger partial charge in [0.15, 0.2) is 0 Å². The molecule has 2 atom stereocenters. The number of hydrogen-bond acceptors (Lipinski definition) is 4. The molecule has 0 amide bonds. The Balaban J connectivity index is 1.59. The monoisotopic (exact) mass is 279 g/mol. The van der Waals surface area contributed by atoms with E-state index >= 15 is 0 Å². The first-order valence-corrected chi connectivity index (χ1v) is 8.40. The molecule has 1 N–H and O–H groups in total. The SMILES string of the molecule is CC(C)c1nc(CN(C)C2CC3CCC(C2)N3)cs1. The van der Waals surface area contributed by atoms with E-state index in [1.807, 2.05) is 11.3 Å². The third kappa shape index (κ3) is 3.01. The van der Waals surface area contributed by atoms with Crippen molar-refractivity contribution in [1.82, 2.24) is 15.2 Å². The molecule has 2 bridgehead atoms. The van der Waals surface area contributed by atoms with Crippen molar-refractivity contribution in [2.24, 2.45) is 0 Å². The molecule has 3 rings (SSSR count). The fourth-order valence-corrected chi connectivity index (χ4v) is 4.26. The Labute approximate surface area is 120 Å². The van der Waals surface area contributed by atoms with Gasteiger partial charge in [0.05, 0.1) is 10.7 Å². The van der Waals surface area contributed by atoms with Crippen LogP contribution in [0.4, 0.5) is 0 Å². The lowest BCUT2D eigenvalue weighted by Crippen LogP contribution is -2.46. The van der Waals surface area contributed by atoms with Gasteiger partial charge in [-0.15, -0.1) is 11.3 Å². The Hall–Kier alpha value is -0.450. The number of piperidine rings is 1. The molecule has 0 saturated carbocycles. The first-order valence-electron chi connectivity index (χ1n) is 7.52. The molecule has 3 heterocycles. The quantitative estimate of drug-likeness (QED) is 0.918. The van der Waals surface area contributed by atoms with Gasteiger partial charge < -0.3 is 5.32 Å². The van der Waals surface area contributed by atoms with Crippen LogP contribution in [0.15, 0.2) is 5.38 Å². The Morgan fingerprint density at radius 2 is 2.05 bits per heavy atom. The van der Waals surface area contributed by atoms with E-state index in [9.17, 15) is 0 Å². The summed E-state index contributed by atoms with van der Waals surface area (Å²) in [6, 6.07) is 2.28. The van der Waals surface area contributed by atoms with Crippen LogP contribution in [0.3, 0.4) is 0 Å². The van der Waals surface area contributed by atoms with Gasteiger partial charge in [-0.2, -0.15) is 0 Å².